The molecule has 0 fully saturated rings. The van der Waals surface area contributed by atoms with Crippen molar-refractivity contribution in [1.29, 1.82) is 0 Å². The van der Waals surface area contributed by atoms with Gasteiger partial charge in [0.25, 0.3) is 5.91 Å². The van der Waals surface area contributed by atoms with Crippen molar-refractivity contribution in [2.45, 2.75) is 25.9 Å². The molecule has 0 aliphatic rings. The van der Waals surface area contributed by atoms with Crippen molar-refractivity contribution in [1.82, 2.24) is 5.48 Å². The molecule has 0 spiro atoms. The van der Waals surface area contributed by atoms with Gasteiger partial charge >= 0.3 is 0 Å². The molecular weight excluding hydrogens is 294 g/mol. The lowest BCUT2D eigenvalue weighted by atomic mass is 9.90. The second kappa shape index (κ2) is 7.76. The lowest BCUT2D eigenvalue weighted by Gasteiger charge is -2.20. The van der Waals surface area contributed by atoms with Gasteiger partial charge in [-0.3, -0.25) is 10.0 Å². The summed E-state index contributed by atoms with van der Waals surface area (Å²) in [5, 5.41) is 30.5. The van der Waals surface area contributed by atoms with Crippen molar-refractivity contribution >= 4 is 16.7 Å². The Balaban J connectivity index is 2.11. The third-order valence-corrected chi connectivity index (χ3v) is 3.96. The summed E-state index contributed by atoms with van der Waals surface area (Å²) in [6.45, 7) is 1.94. The molecule has 23 heavy (non-hydrogen) atoms. The lowest BCUT2D eigenvalue weighted by molar-refractivity contribution is -0.124. The van der Waals surface area contributed by atoms with Gasteiger partial charge in [0, 0.05) is 11.5 Å². The summed E-state index contributed by atoms with van der Waals surface area (Å²) in [5.74, 6) is -0.394. The van der Waals surface area contributed by atoms with Gasteiger partial charge in [0.05, 0.1) is 6.10 Å². The second-order valence-electron chi connectivity index (χ2n) is 5.60. The molecule has 122 valence electrons. The van der Waals surface area contributed by atoms with E-state index >= 15 is 0 Å². The van der Waals surface area contributed by atoms with Crippen molar-refractivity contribution in [3.63, 3.8) is 0 Å². The summed E-state index contributed by atoms with van der Waals surface area (Å²) in [6.07, 6.45) is 3.55. The smallest absolute Gasteiger partial charge is 0.267 e. The van der Waals surface area contributed by atoms with Crippen molar-refractivity contribution in [2.75, 3.05) is 0 Å². The van der Waals surface area contributed by atoms with Gasteiger partial charge in [-0.15, -0.1) is 0 Å². The fourth-order valence-electron chi connectivity index (χ4n) is 2.62. The van der Waals surface area contributed by atoms with Crippen molar-refractivity contribution in [3.8, 4) is 5.75 Å². The van der Waals surface area contributed by atoms with Crippen LogP contribution in [-0.4, -0.2) is 21.3 Å². The Kier molecular flexibility index (Phi) is 5.73. The maximum absolute atomic E-state index is 10.9. The van der Waals surface area contributed by atoms with E-state index in [9.17, 15) is 15.0 Å². The normalized spacial score (nSPS) is 14.0. The number of amides is 1. The Morgan fingerprint density at radius 1 is 1.22 bits per heavy atom. The summed E-state index contributed by atoms with van der Waals surface area (Å²) in [5.41, 5.74) is 2.31. The van der Waals surface area contributed by atoms with Crippen LogP contribution in [0.1, 0.15) is 31.4 Å². The molecule has 2 aromatic carbocycles. The summed E-state index contributed by atoms with van der Waals surface area (Å²) in [6, 6.07) is 10.8. The van der Waals surface area contributed by atoms with E-state index in [-0.39, 0.29) is 11.7 Å². The standard InChI is InChI=1S/C18H21NO4/c1-12(6-2-5-9-17(21)19-23)18(22)15-10-11-16(20)14-8-4-3-7-13(14)15/h3-5,7-12,18,20,22-23H,2,6H2,1H3,(H,19,21)/b9-5+/t12-,18+/m0/s1. The predicted octanol–water partition coefficient (Wildman–Crippen LogP) is 3.06. The number of nitrogens with one attached hydrogen (secondary N) is 1. The first-order valence-corrected chi connectivity index (χ1v) is 7.54. The number of aliphatic hydroxyl groups excluding tert-OH is 1. The Bertz CT molecular complexity index is 711. The quantitative estimate of drug-likeness (QED) is 0.375. The summed E-state index contributed by atoms with van der Waals surface area (Å²) >= 11 is 0. The summed E-state index contributed by atoms with van der Waals surface area (Å²) < 4.78 is 0. The first-order valence-electron chi connectivity index (χ1n) is 7.54. The highest BCUT2D eigenvalue weighted by molar-refractivity contribution is 5.91. The number of hydrogen-bond donors (Lipinski definition) is 4. The number of hydrogen-bond acceptors (Lipinski definition) is 4. The Morgan fingerprint density at radius 3 is 2.61 bits per heavy atom. The average molecular weight is 315 g/mol. The molecule has 2 atom stereocenters. The van der Waals surface area contributed by atoms with E-state index in [1.807, 2.05) is 31.2 Å². The van der Waals surface area contributed by atoms with Crippen LogP contribution in [0.2, 0.25) is 0 Å². The number of benzene rings is 2. The molecule has 0 radical (unpaired) electrons. The number of hydroxylamine groups is 1. The summed E-state index contributed by atoms with van der Waals surface area (Å²) in [4.78, 5) is 10.9. The van der Waals surface area contributed by atoms with Crippen LogP contribution in [0.4, 0.5) is 0 Å². The minimum absolute atomic E-state index is 0.0233. The van der Waals surface area contributed by atoms with Crippen LogP contribution in [0.5, 0.6) is 5.75 Å². The topological polar surface area (TPSA) is 89.8 Å². The van der Waals surface area contributed by atoms with Gasteiger partial charge in [0.1, 0.15) is 5.75 Å². The predicted molar refractivity (Wildman–Crippen MR) is 88.0 cm³/mol. The molecule has 4 N–H and O–H groups in total. The number of carbonyl (C=O) groups excluding carboxylic acids is 1. The summed E-state index contributed by atoms with van der Waals surface area (Å²) in [7, 11) is 0. The van der Waals surface area contributed by atoms with E-state index in [0.29, 0.717) is 12.8 Å². The van der Waals surface area contributed by atoms with E-state index in [1.165, 1.54) is 11.6 Å². The van der Waals surface area contributed by atoms with Crippen molar-refractivity contribution in [3.05, 3.63) is 54.1 Å². The fraction of sp³-hybridized carbons (Fsp3) is 0.278. The molecule has 0 aliphatic heterocycles. The zero-order valence-electron chi connectivity index (χ0n) is 12.9. The number of carbonyl (C=O) groups is 1. The van der Waals surface area contributed by atoms with Crippen LogP contribution in [0.3, 0.4) is 0 Å². The van der Waals surface area contributed by atoms with E-state index in [4.69, 9.17) is 5.21 Å². The minimum Gasteiger partial charge on any atom is -0.507 e. The Morgan fingerprint density at radius 2 is 1.91 bits per heavy atom. The van der Waals surface area contributed by atoms with Gasteiger partial charge in [-0.2, -0.15) is 0 Å². The van der Waals surface area contributed by atoms with Crippen LogP contribution in [-0.2, 0) is 4.79 Å². The maximum atomic E-state index is 10.9. The molecule has 0 aromatic heterocycles. The highest BCUT2D eigenvalue weighted by atomic mass is 16.5. The highest BCUT2D eigenvalue weighted by Crippen LogP contribution is 2.34. The first-order chi connectivity index (χ1) is 11.0. The maximum Gasteiger partial charge on any atom is 0.267 e. The van der Waals surface area contributed by atoms with E-state index in [1.54, 1.807) is 18.2 Å². The molecule has 2 rings (SSSR count). The van der Waals surface area contributed by atoms with Gasteiger partial charge in [-0.05, 0) is 35.8 Å². The van der Waals surface area contributed by atoms with Gasteiger partial charge in [0.2, 0.25) is 0 Å². The zero-order chi connectivity index (χ0) is 16.8. The SMILES string of the molecule is C[C@@H](CC/C=C/C(=O)NO)[C@@H](O)c1ccc(O)c2ccccc12. The first kappa shape index (κ1) is 17.0. The lowest BCUT2D eigenvalue weighted by Crippen LogP contribution is -2.15. The fourth-order valence-corrected chi connectivity index (χ4v) is 2.62. The third kappa shape index (κ3) is 4.09. The average Bonchev–Trinajstić information content (AvgIpc) is 2.58. The molecule has 0 bridgehead atoms. The molecule has 0 unspecified atom stereocenters. The number of rotatable bonds is 6. The molecule has 5 heteroatoms. The molecule has 2 aromatic rings. The molecule has 0 saturated heterocycles. The second-order valence-corrected chi connectivity index (χ2v) is 5.60. The van der Waals surface area contributed by atoms with Gasteiger partial charge in [-0.25, -0.2) is 5.48 Å². The van der Waals surface area contributed by atoms with Crippen molar-refractivity contribution < 1.29 is 20.2 Å². The molecule has 1 amide bonds. The molecule has 0 aliphatic carbocycles. The molecule has 0 heterocycles. The van der Waals surface area contributed by atoms with Gasteiger partial charge < -0.3 is 10.2 Å². The largest absolute Gasteiger partial charge is 0.507 e. The monoisotopic (exact) mass is 315 g/mol. The molecular formula is C18H21NO4. The zero-order valence-corrected chi connectivity index (χ0v) is 12.9. The van der Waals surface area contributed by atoms with Crippen LogP contribution in [0.15, 0.2) is 48.6 Å². The molecule has 0 saturated carbocycles. The molecule has 5 nitrogen and oxygen atoms in total. The van der Waals surface area contributed by atoms with Crippen LogP contribution in [0.25, 0.3) is 10.8 Å². The number of aromatic hydroxyl groups is 1. The number of allylic oxidation sites excluding steroid dienone is 1. The van der Waals surface area contributed by atoms with E-state index in [0.717, 1.165) is 16.3 Å². The minimum atomic E-state index is -0.666. The van der Waals surface area contributed by atoms with Crippen LogP contribution < -0.4 is 5.48 Å². The number of aliphatic hydroxyl groups is 1. The van der Waals surface area contributed by atoms with Gasteiger partial charge in [-0.1, -0.05) is 43.3 Å². The van der Waals surface area contributed by atoms with Crippen LogP contribution >= 0.6 is 0 Å². The number of phenolic OH excluding ortho intramolecular Hbond substituents is 1. The number of fused-ring (bicyclic) bond motifs is 1. The third-order valence-electron chi connectivity index (χ3n) is 3.96. The van der Waals surface area contributed by atoms with Crippen LogP contribution in [0, 0.1) is 5.92 Å². The number of phenols is 1. The van der Waals surface area contributed by atoms with E-state index < -0.39 is 12.0 Å². The van der Waals surface area contributed by atoms with E-state index in [2.05, 4.69) is 0 Å². The highest BCUT2D eigenvalue weighted by Gasteiger charge is 2.18. The Hall–Kier alpha value is -2.37. The van der Waals surface area contributed by atoms with Gasteiger partial charge in [0.15, 0.2) is 0 Å². The Labute approximate surface area is 134 Å². The van der Waals surface area contributed by atoms with Crippen molar-refractivity contribution in [2.24, 2.45) is 5.92 Å².